The summed E-state index contributed by atoms with van der Waals surface area (Å²) in [4.78, 5) is 5.45. The Morgan fingerprint density at radius 2 is 1.16 bits per heavy atom. The van der Waals surface area contributed by atoms with Gasteiger partial charge in [-0.2, -0.15) is 0 Å². The molecule has 0 radical (unpaired) electrons. The molecule has 0 atom stereocenters. The molecular formula is C23H30N2. The number of nitrogens with zero attached hydrogens (tertiary/aromatic N) is 2. The Kier molecular flexibility index (Phi) is 5.49. The Balaban J connectivity index is 1.49. The van der Waals surface area contributed by atoms with Crippen molar-refractivity contribution < 1.29 is 0 Å². The third kappa shape index (κ3) is 3.96. The summed E-state index contributed by atoms with van der Waals surface area (Å²) < 4.78 is 0. The Morgan fingerprint density at radius 3 is 1.68 bits per heavy atom. The van der Waals surface area contributed by atoms with Gasteiger partial charge < -0.3 is 0 Å². The summed E-state index contributed by atoms with van der Waals surface area (Å²) in [5.41, 5.74) is 2.83. The fraction of sp³-hybridized carbons (Fsp3) is 0.478. The lowest BCUT2D eigenvalue weighted by molar-refractivity contribution is 0.0647. The van der Waals surface area contributed by atoms with E-state index >= 15 is 0 Å². The molecule has 1 aliphatic carbocycles. The molecule has 1 aliphatic heterocycles. The molecule has 132 valence electrons. The van der Waals surface area contributed by atoms with Crippen LogP contribution in [0.4, 0.5) is 0 Å². The standard InChI is InChI=1S/C23H30N2/c1-4-10-20(11-5-1)23(21-12-6-2-7-13-21)25-18-16-24(17-19-25)22-14-8-3-9-15-22/h1-2,4-7,10-13,22-23H,3,8-9,14-19H2. The van der Waals surface area contributed by atoms with Gasteiger partial charge in [0.15, 0.2) is 0 Å². The molecule has 1 heterocycles. The van der Waals surface area contributed by atoms with Crippen LogP contribution in [0.15, 0.2) is 60.7 Å². The average molecular weight is 335 g/mol. The van der Waals surface area contributed by atoms with Crippen molar-refractivity contribution in [2.45, 2.75) is 44.2 Å². The van der Waals surface area contributed by atoms with Crippen molar-refractivity contribution in [2.24, 2.45) is 0 Å². The van der Waals surface area contributed by atoms with E-state index in [1.165, 1.54) is 69.4 Å². The summed E-state index contributed by atoms with van der Waals surface area (Å²) >= 11 is 0. The average Bonchev–Trinajstić information content (AvgIpc) is 2.71. The van der Waals surface area contributed by atoms with Crippen LogP contribution in [-0.2, 0) is 0 Å². The molecule has 0 amide bonds. The van der Waals surface area contributed by atoms with Gasteiger partial charge in [-0.25, -0.2) is 0 Å². The predicted octanol–water partition coefficient (Wildman–Crippen LogP) is 4.73. The second kappa shape index (κ2) is 8.16. The molecular weight excluding hydrogens is 304 g/mol. The highest BCUT2D eigenvalue weighted by Gasteiger charge is 2.29. The minimum atomic E-state index is 0.385. The van der Waals surface area contributed by atoms with E-state index in [2.05, 4.69) is 70.5 Å². The molecule has 2 aromatic rings. The molecule has 0 aromatic heterocycles. The lowest BCUT2D eigenvalue weighted by atomic mass is 9.93. The van der Waals surface area contributed by atoms with Crippen LogP contribution in [-0.4, -0.2) is 42.0 Å². The smallest absolute Gasteiger partial charge is 0.0602 e. The second-order valence-electron chi connectivity index (χ2n) is 7.59. The minimum absolute atomic E-state index is 0.385. The van der Waals surface area contributed by atoms with Gasteiger partial charge in [0.25, 0.3) is 0 Å². The summed E-state index contributed by atoms with van der Waals surface area (Å²) in [6.07, 6.45) is 7.14. The Morgan fingerprint density at radius 1 is 0.640 bits per heavy atom. The first kappa shape index (κ1) is 16.8. The first-order valence-corrected chi connectivity index (χ1v) is 10.00. The van der Waals surface area contributed by atoms with Crippen LogP contribution in [0.25, 0.3) is 0 Å². The van der Waals surface area contributed by atoms with Crippen LogP contribution in [0, 0.1) is 0 Å². The summed E-state index contributed by atoms with van der Waals surface area (Å²) in [5.74, 6) is 0. The van der Waals surface area contributed by atoms with Gasteiger partial charge in [-0.1, -0.05) is 79.9 Å². The Hall–Kier alpha value is -1.64. The van der Waals surface area contributed by atoms with Crippen LogP contribution in [0.2, 0.25) is 0 Å². The van der Waals surface area contributed by atoms with Crippen LogP contribution < -0.4 is 0 Å². The second-order valence-corrected chi connectivity index (χ2v) is 7.59. The summed E-state index contributed by atoms with van der Waals surface area (Å²) in [6, 6.07) is 23.3. The van der Waals surface area contributed by atoms with E-state index < -0.39 is 0 Å². The van der Waals surface area contributed by atoms with Crippen molar-refractivity contribution in [1.82, 2.24) is 9.80 Å². The highest BCUT2D eigenvalue weighted by atomic mass is 15.3. The number of piperazine rings is 1. The van der Waals surface area contributed by atoms with Crippen molar-refractivity contribution in [3.05, 3.63) is 71.8 Å². The van der Waals surface area contributed by atoms with E-state index in [4.69, 9.17) is 0 Å². The molecule has 1 saturated heterocycles. The van der Waals surface area contributed by atoms with Crippen molar-refractivity contribution in [1.29, 1.82) is 0 Å². The highest BCUT2D eigenvalue weighted by Crippen LogP contribution is 2.31. The largest absolute Gasteiger partial charge is 0.298 e. The number of rotatable bonds is 4. The maximum absolute atomic E-state index is 2.77. The van der Waals surface area contributed by atoms with Gasteiger partial charge >= 0.3 is 0 Å². The third-order valence-electron chi connectivity index (χ3n) is 6.04. The lowest BCUT2D eigenvalue weighted by Gasteiger charge is -2.43. The Labute approximate surface area is 152 Å². The first-order valence-electron chi connectivity index (χ1n) is 10.00. The number of benzene rings is 2. The monoisotopic (exact) mass is 334 g/mol. The summed E-state index contributed by atoms with van der Waals surface area (Å²) in [7, 11) is 0. The topological polar surface area (TPSA) is 6.48 Å². The Bertz CT molecular complexity index is 586. The van der Waals surface area contributed by atoms with E-state index in [1.807, 2.05) is 0 Å². The summed E-state index contributed by atoms with van der Waals surface area (Å²) in [5, 5.41) is 0. The molecule has 0 bridgehead atoms. The van der Waals surface area contributed by atoms with Crippen molar-refractivity contribution >= 4 is 0 Å². The molecule has 0 N–H and O–H groups in total. The fourth-order valence-corrected chi connectivity index (χ4v) is 4.69. The van der Waals surface area contributed by atoms with Crippen molar-refractivity contribution in [3.8, 4) is 0 Å². The predicted molar refractivity (Wildman–Crippen MR) is 105 cm³/mol. The van der Waals surface area contributed by atoms with Crippen molar-refractivity contribution in [2.75, 3.05) is 26.2 Å². The van der Waals surface area contributed by atoms with Gasteiger partial charge in [0.05, 0.1) is 6.04 Å². The third-order valence-corrected chi connectivity index (χ3v) is 6.04. The summed E-state index contributed by atoms with van der Waals surface area (Å²) in [6.45, 7) is 4.79. The molecule has 4 rings (SSSR count). The first-order chi connectivity index (χ1) is 12.4. The number of hydrogen-bond acceptors (Lipinski definition) is 2. The fourth-order valence-electron chi connectivity index (χ4n) is 4.69. The molecule has 0 spiro atoms. The van der Waals surface area contributed by atoms with E-state index in [1.54, 1.807) is 0 Å². The van der Waals surface area contributed by atoms with Gasteiger partial charge in [0.1, 0.15) is 0 Å². The zero-order valence-electron chi connectivity index (χ0n) is 15.2. The molecule has 2 aromatic carbocycles. The molecule has 2 nitrogen and oxygen atoms in total. The van der Waals surface area contributed by atoms with E-state index in [-0.39, 0.29) is 0 Å². The lowest BCUT2D eigenvalue weighted by Crippen LogP contribution is -2.51. The molecule has 0 unspecified atom stereocenters. The minimum Gasteiger partial charge on any atom is -0.298 e. The number of hydrogen-bond donors (Lipinski definition) is 0. The van der Waals surface area contributed by atoms with Crippen LogP contribution in [0.1, 0.15) is 49.3 Å². The van der Waals surface area contributed by atoms with Crippen LogP contribution in [0.5, 0.6) is 0 Å². The zero-order chi connectivity index (χ0) is 16.9. The normalized spacial score (nSPS) is 20.8. The van der Waals surface area contributed by atoms with Crippen molar-refractivity contribution in [3.63, 3.8) is 0 Å². The maximum atomic E-state index is 2.77. The van der Waals surface area contributed by atoms with E-state index in [9.17, 15) is 0 Å². The van der Waals surface area contributed by atoms with Gasteiger partial charge in [0.2, 0.25) is 0 Å². The SMILES string of the molecule is c1ccc(C(c2ccccc2)N2CCN(C3CCCCC3)CC2)cc1. The van der Waals surface area contributed by atoms with Gasteiger partial charge in [-0.3, -0.25) is 9.80 Å². The van der Waals surface area contributed by atoms with E-state index in [0.717, 1.165) is 6.04 Å². The van der Waals surface area contributed by atoms with E-state index in [0.29, 0.717) is 6.04 Å². The van der Waals surface area contributed by atoms with Crippen LogP contribution in [0.3, 0.4) is 0 Å². The molecule has 25 heavy (non-hydrogen) atoms. The quantitative estimate of drug-likeness (QED) is 0.798. The van der Waals surface area contributed by atoms with Gasteiger partial charge in [0, 0.05) is 32.2 Å². The zero-order valence-corrected chi connectivity index (χ0v) is 15.2. The molecule has 2 fully saturated rings. The van der Waals surface area contributed by atoms with Gasteiger partial charge in [-0.05, 0) is 24.0 Å². The van der Waals surface area contributed by atoms with Crippen LogP contribution >= 0.6 is 0 Å². The highest BCUT2D eigenvalue weighted by molar-refractivity contribution is 5.31. The molecule has 2 heteroatoms. The van der Waals surface area contributed by atoms with Gasteiger partial charge in [-0.15, -0.1) is 0 Å². The maximum Gasteiger partial charge on any atom is 0.0602 e. The molecule has 2 aliphatic rings. The molecule has 1 saturated carbocycles.